The smallest absolute Gasteiger partial charge is 0.0753 e. The molecule has 1 aliphatic rings. The zero-order valence-electron chi connectivity index (χ0n) is 8.49. The van der Waals surface area contributed by atoms with Crippen LogP contribution in [0.25, 0.3) is 0 Å². The fourth-order valence-electron chi connectivity index (χ4n) is 1.70. The molecule has 1 heterocycles. The molecule has 1 atom stereocenters. The van der Waals surface area contributed by atoms with Gasteiger partial charge in [0.25, 0.3) is 0 Å². The van der Waals surface area contributed by atoms with Crippen molar-refractivity contribution in [2.45, 2.75) is 25.5 Å². The largest absolute Gasteiger partial charge is 0.395 e. The lowest BCUT2D eigenvalue weighted by atomic mass is 10.1. The molecule has 1 unspecified atom stereocenters. The average molecular weight is 188 g/mol. The first kappa shape index (κ1) is 10.9. The molecule has 1 aliphatic heterocycles. The summed E-state index contributed by atoms with van der Waals surface area (Å²) >= 11 is 0. The van der Waals surface area contributed by atoms with Crippen LogP contribution in [0.15, 0.2) is 0 Å². The first-order chi connectivity index (χ1) is 6.09. The summed E-state index contributed by atoms with van der Waals surface area (Å²) in [5.74, 6) is 0. The van der Waals surface area contributed by atoms with E-state index in [1.807, 2.05) is 0 Å². The molecule has 0 aromatic rings. The van der Waals surface area contributed by atoms with Crippen LogP contribution in [0.2, 0.25) is 0 Å². The minimum Gasteiger partial charge on any atom is -0.395 e. The van der Waals surface area contributed by atoms with E-state index in [4.69, 9.17) is 15.6 Å². The van der Waals surface area contributed by atoms with Gasteiger partial charge in [-0.2, -0.15) is 0 Å². The standard InChI is InChI=1S/C9H20N2O2/c1-9(2)7-11(3-4-13-9)8(5-10)6-12/h8,12H,3-7,10H2,1-2H3. The molecule has 1 rings (SSSR count). The number of morpholine rings is 1. The van der Waals surface area contributed by atoms with Crippen molar-refractivity contribution in [3.63, 3.8) is 0 Å². The molecule has 4 heteroatoms. The van der Waals surface area contributed by atoms with Crippen LogP contribution in [0.4, 0.5) is 0 Å². The van der Waals surface area contributed by atoms with Gasteiger partial charge in [0.2, 0.25) is 0 Å². The molecule has 0 radical (unpaired) electrons. The van der Waals surface area contributed by atoms with E-state index in [0.29, 0.717) is 6.54 Å². The Hall–Kier alpha value is -0.160. The summed E-state index contributed by atoms with van der Waals surface area (Å²) in [6, 6.07) is 0.0863. The van der Waals surface area contributed by atoms with E-state index in [0.717, 1.165) is 19.7 Å². The molecule has 0 aliphatic carbocycles. The van der Waals surface area contributed by atoms with Gasteiger partial charge in [0.05, 0.1) is 18.8 Å². The van der Waals surface area contributed by atoms with Crippen molar-refractivity contribution in [1.82, 2.24) is 4.90 Å². The van der Waals surface area contributed by atoms with Crippen LogP contribution in [-0.4, -0.2) is 54.5 Å². The van der Waals surface area contributed by atoms with Gasteiger partial charge in [-0.15, -0.1) is 0 Å². The van der Waals surface area contributed by atoms with Gasteiger partial charge in [-0.25, -0.2) is 0 Å². The van der Waals surface area contributed by atoms with Crippen molar-refractivity contribution in [3.05, 3.63) is 0 Å². The zero-order valence-corrected chi connectivity index (χ0v) is 8.49. The van der Waals surface area contributed by atoms with E-state index in [-0.39, 0.29) is 18.2 Å². The Morgan fingerprint density at radius 2 is 2.31 bits per heavy atom. The summed E-state index contributed by atoms with van der Waals surface area (Å²) in [7, 11) is 0. The Morgan fingerprint density at radius 1 is 1.62 bits per heavy atom. The fraction of sp³-hybridized carbons (Fsp3) is 1.00. The van der Waals surface area contributed by atoms with Gasteiger partial charge in [-0.05, 0) is 13.8 Å². The lowest BCUT2D eigenvalue weighted by Gasteiger charge is -2.41. The van der Waals surface area contributed by atoms with Crippen molar-refractivity contribution >= 4 is 0 Å². The van der Waals surface area contributed by atoms with Crippen LogP contribution in [0.1, 0.15) is 13.8 Å². The van der Waals surface area contributed by atoms with E-state index >= 15 is 0 Å². The topological polar surface area (TPSA) is 58.7 Å². The summed E-state index contributed by atoms with van der Waals surface area (Å²) in [6.07, 6.45) is 0. The van der Waals surface area contributed by atoms with Crippen LogP contribution in [-0.2, 0) is 4.74 Å². The highest BCUT2D eigenvalue weighted by atomic mass is 16.5. The summed E-state index contributed by atoms with van der Waals surface area (Å²) in [5.41, 5.74) is 5.45. The predicted octanol–water partition coefficient (Wildman–Crippen LogP) is -0.583. The Bertz CT molecular complexity index is 158. The quantitative estimate of drug-likeness (QED) is 0.622. The van der Waals surface area contributed by atoms with Crippen molar-refractivity contribution in [2.24, 2.45) is 5.73 Å². The highest BCUT2D eigenvalue weighted by Gasteiger charge is 2.30. The zero-order chi connectivity index (χ0) is 9.90. The van der Waals surface area contributed by atoms with E-state index in [1.54, 1.807) is 0 Å². The molecule has 0 aromatic carbocycles. The van der Waals surface area contributed by atoms with Gasteiger partial charge >= 0.3 is 0 Å². The first-order valence-electron chi connectivity index (χ1n) is 4.78. The first-order valence-corrected chi connectivity index (χ1v) is 4.78. The molecule has 1 saturated heterocycles. The molecular formula is C9H20N2O2. The summed E-state index contributed by atoms with van der Waals surface area (Å²) in [4.78, 5) is 2.20. The number of nitrogens with two attached hydrogens (primary N) is 1. The third-order valence-corrected chi connectivity index (χ3v) is 2.45. The van der Waals surface area contributed by atoms with Crippen molar-refractivity contribution in [3.8, 4) is 0 Å². The van der Waals surface area contributed by atoms with Gasteiger partial charge in [0.15, 0.2) is 0 Å². The molecule has 78 valence electrons. The van der Waals surface area contributed by atoms with Crippen LogP contribution >= 0.6 is 0 Å². The Labute approximate surface area is 79.7 Å². The Kier molecular flexibility index (Phi) is 3.67. The van der Waals surface area contributed by atoms with Gasteiger partial charge < -0.3 is 15.6 Å². The van der Waals surface area contributed by atoms with Crippen molar-refractivity contribution < 1.29 is 9.84 Å². The molecule has 0 saturated carbocycles. The third-order valence-electron chi connectivity index (χ3n) is 2.45. The van der Waals surface area contributed by atoms with E-state index in [9.17, 15) is 0 Å². The van der Waals surface area contributed by atoms with E-state index in [1.165, 1.54) is 0 Å². The maximum Gasteiger partial charge on any atom is 0.0753 e. The average Bonchev–Trinajstić information content (AvgIpc) is 2.05. The second-order valence-corrected chi connectivity index (χ2v) is 4.15. The van der Waals surface area contributed by atoms with Crippen LogP contribution in [0.5, 0.6) is 0 Å². The Balaban J connectivity index is 2.50. The second kappa shape index (κ2) is 4.37. The lowest BCUT2D eigenvalue weighted by molar-refractivity contribution is -0.100. The molecule has 0 aromatic heterocycles. The molecule has 3 N–H and O–H groups in total. The number of ether oxygens (including phenoxy) is 1. The van der Waals surface area contributed by atoms with Gasteiger partial charge in [0, 0.05) is 25.7 Å². The number of rotatable bonds is 3. The predicted molar refractivity (Wildman–Crippen MR) is 51.5 cm³/mol. The normalized spacial score (nSPS) is 25.8. The Morgan fingerprint density at radius 3 is 2.77 bits per heavy atom. The number of nitrogens with zero attached hydrogens (tertiary/aromatic N) is 1. The second-order valence-electron chi connectivity index (χ2n) is 4.15. The number of aliphatic hydroxyl groups excluding tert-OH is 1. The van der Waals surface area contributed by atoms with Gasteiger partial charge in [0.1, 0.15) is 0 Å². The highest BCUT2D eigenvalue weighted by Crippen LogP contribution is 2.17. The lowest BCUT2D eigenvalue weighted by Crippen LogP contribution is -2.55. The van der Waals surface area contributed by atoms with Crippen molar-refractivity contribution in [1.29, 1.82) is 0 Å². The minimum atomic E-state index is -0.110. The summed E-state index contributed by atoms with van der Waals surface area (Å²) < 4.78 is 5.57. The van der Waals surface area contributed by atoms with Crippen LogP contribution in [0.3, 0.4) is 0 Å². The van der Waals surface area contributed by atoms with E-state index in [2.05, 4.69) is 18.7 Å². The molecule has 13 heavy (non-hydrogen) atoms. The van der Waals surface area contributed by atoms with E-state index < -0.39 is 0 Å². The van der Waals surface area contributed by atoms with Gasteiger partial charge in [-0.3, -0.25) is 4.90 Å². The highest BCUT2D eigenvalue weighted by molar-refractivity contribution is 4.83. The van der Waals surface area contributed by atoms with Crippen LogP contribution < -0.4 is 5.73 Å². The SMILES string of the molecule is CC1(C)CN(C(CN)CO)CCO1. The molecule has 0 spiro atoms. The maximum absolute atomic E-state index is 9.09. The summed E-state index contributed by atoms with van der Waals surface area (Å²) in [5, 5.41) is 9.09. The fourth-order valence-corrected chi connectivity index (χ4v) is 1.70. The molecule has 4 nitrogen and oxygen atoms in total. The molecule has 0 bridgehead atoms. The number of hydrogen-bond donors (Lipinski definition) is 2. The van der Waals surface area contributed by atoms with Crippen molar-refractivity contribution in [2.75, 3.05) is 32.8 Å². The van der Waals surface area contributed by atoms with Gasteiger partial charge in [-0.1, -0.05) is 0 Å². The molecule has 0 amide bonds. The number of aliphatic hydroxyl groups is 1. The minimum absolute atomic E-state index is 0.0863. The number of hydrogen-bond acceptors (Lipinski definition) is 4. The third kappa shape index (κ3) is 2.91. The molecular weight excluding hydrogens is 168 g/mol. The van der Waals surface area contributed by atoms with Crippen LogP contribution in [0, 0.1) is 0 Å². The monoisotopic (exact) mass is 188 g/mol. The summed E-state index contributed by atoms with van der Waals surface area (Å²) in [6.45, 7) is 7.19. The molecule has 1 fully saturated rings. The maximum atomic E-state index is 9.09.